The van der Waals surface area contributed by atoms with Crippen molar-refractivity contribution >= 4 is 5.91 Å². The highest BCUT2D eigenvalue weighted by atomic mass is 16.2. The minimum Gasteiger partial charge on any atom is -0.339 e. The number of carbonyl (C=O) groups is 1. The second-order valence-electron chi connectivity index (χ2n) is 7.44. The molecule has 114 valence electrons. The van der Waals surface area contributed by atoms with Gasteiger partial charge in [0.05, 0.1) is 0 Å². The van der Waals surface area contributed by atoms with Gasteiger partial charge < -0.3 is 10.6 Å². The van der Waals surface area contributed by atoms with Crippen LogP contribution in [-0.4, -0.2) is 29.4 Å². The summed E-state index contributed by atoms with van der Waals surface area (Å²) >= 11 is 0. The van der Waals surface area contributed by atoms with Crippen molar-refractivity contribution in [1.29, 1.82) is 0 Å². The number of amides is 1. The van der Waals surface area contributed by atoms with Crippen LogP contribution in [0, 0.1) is 17.8 Å². The molecule has 3 heteroatoms. The summed E-state index contributed by atoms with van der Waals surface area (Å²) in [6.07, 6.45) is 10.9. The van der Waals surface area contributed by atoms with E-state index >= 15 is 0 Å². The van der Waals surface area contributed by atoms with E-state index in [9.17, 15) is 4.79 Å². The fourth-order valence-electron chi connectivity index (χ4n) is 4.81. The van der Waals surface area contributed by atoms with Gasteiger partial charge >= 0.3 is 0 Å². The van der Waals surface area contributed by atoms with Crippen molar-refractivity contribution in [2.45, 2.75) is 76.8 Å². The normalized spacial score (nSPS) is 42.1. The quantitative estimate of drug-likeness (QED) is 0.801. The molecule has 3 aliphatic rings. The maximum Gasteiger partial charge on any atom is 0.226 e. The maximum absolute atomic E-state index is 13.0. The number of hydrogen-bond donors (Lipinski definition) is 1. The first-order valence-electron chi connectivity index (χ1n) is 8.73. The minimum atomic E-state index is 0.194. The van der Waals surface area contributed by atoms with Crippen LogP contribution in [0.2, 0.25) is 0 Å². The van der Waals surface area contributed by atoms with Gasteiger partial charge in [0, 0.05) is 24.5 Å². The van der Waals surface area contributed by atoms with Crippen LogP contribution >= 0.6 is 0 Å². The summed E-state index contributed by atoms with van der Waals surface area (Å²) in [7, 11) is 0. The molecule has 1 saturated heterocycles. The molecule has 2 N–H and O–H groups in total. The Morgan fingerprint density at radius 1 is 1.05 bits per heavy atom. The van der Waals surface area contributed by atoms with E-state index in [1.165, 1.54) is 38.5 Å². The van der Waals surface area contributed by atoms with E-state index in [-0.39, 0.29) is 12.0 Å². The average molecular weight is 278 g/mol. The third kappa shape index (κ3) is 2.74. The van der Waals surface area contributed by atoms with Crippen molar-refractivity contribution in [1.82, 2.24) is 4.90 Å². The van der Waals surface area contributed by atoms with E-state index in [2.05, 4.69) is 11.8 Å². The van der Waals surface area contributed by atoms with Crippen molar-refractivity contribution < 1.29 is 4.79 Å². The van der Waals surface area contributed by atoms with Gasteiger partial charge in [0.2, 0.25) is 5.91 Å². The number of nitrogens with zero attached hydrogens (tertiary/aromatic N) is 1. The summed E-state index contributed by atoms with van der Waals surface area (Å²) < 4.78 is 0. The van der Waals surface area contributed by atoms with Gasteiger partial charge in [-0.3, -0.25) is 4.79 Å². The summed E-state index contributed by atoms with van der Waals surface area (Å²) in [5.74, 6) is 1.93. The first-order valence-corrected chi connectivity index (χ1v) is 8.73. The molecule has 3 rings (SSSR count). The lowest BCUT2D eigenvalue weighted by atomic mass is 9.74. The summed E-state index contributed by atoms with van der Waals surface area (Å²) in [5, 5.41) is 0. The number of rotatable bonds is 1. The molecule has 2 saturated carbocycles. The number of piperidine rings is 1. The molecule has 0 spiro atoms. The van der Waals surface area contributed by atoms with Crippen molar-refractivity contribution in [2.24, 2.45) is 23.5 Å². The molecule has 0 aromatic carbocycles. The number of fused-ring (bicyclic) bond motifs is 1. The van der Waals surface area contributed by atoms with Crippen molar-refractivity contribution in [3.63, 3.8) is 0 Å². The molecule has 20 heavy (non-hydrogen) atoms. The van der Waals surface area contributed by atoms with E-state index in [4.69, 9.17) is 5.73 Å². The zero-order valence-corrected chi connectivity index (χ0v) is 12.9. The van der Waals surface area contributed by atoms with E-state index < -0.39 is 0 Å². The minimum absolute atomic E-state index is 0.194. The molecule has 0 radical (unpaired) electrons. The van der Waals surface area contributed by atoms with Crippen molar-refractivity contribution in [2.75, 3.05) is 6.54 Å². The second kappa shape index (κ2) is 6.05. The number of likely N-dealkylation sites (tertiary alicyclic amines) is 1. The molecular weight excluding hydrogens is 248 g/mol. The van der Waals surface area contributed by atoms with E-state index in [1.54, 1.807) is 0 Å². The van der Waals surface area contributed by atoms with Crippen LogP contribution in [0.4, 0.5) is 0 Å². The Labute approximate surface area is 123 Å². The van der Waals surface area contributed by atoms with Crippen molar-refractivity contribution in [3.05, 3.63) is 0 Å². The van der Waals surface area contributed by atoms with E-state index in [0.717, 1.165) is 31.7 Å². The third-order valence-corrected chi connectivity index (χ3v) is 6.08. The van der Waals surface area contributed by atoms with Gasteiger partial charge in [-0.15, -0.1) is 0 Å². The molecule has 0 bridgehead atoms. The summed E-state index contributed by atoms with van der Waals surface area (Å²) in [4.78, 5) is 15.3. The largest absolute Gasteiger partial charge is 0.339 e. The van der Waals surface area contributed by atoms with Gasteiger partial charge in [0.15, 0.2) is 0 Å². The Bertz CT molecular complexity index is 355. The van der Waals surface area contributed by atoms with Crippen molar-refractivity contribution in [3.8, 4) is 0 Å². The highest BCUT2D eigenvalue weighted by Crippen LogP contribution is 2.38. The standard InChI is InChI=1S/C17H30N2O/c1-12-8-9-14(18)11-15(12)17(20)19-10-4-6-13-5-2-3-7-16(13)19/h12-16H,2-11,18H2,1H3/t12?,13-,14?,15?,16-/m1/s1. The van der Waals surface area contributed by atoms with Gasteiger partial charge in [-0.05, 0) is 56.8 Å². The van der Waals surface area contributed by atoms with Gasteiger partial charge in [-0.25, -0.2) is 0 Å². The molecule has 0 aromatic rings. The summed E-state index contributed by atoms with van der Waals surface area (Å²) in [6, 6.07) is 0.794. The Kier molecular flexibility index (Phi) is 4.34. The summed E-state index contributed by atoms with van der Waals surface area (Å²) in [5.41, 5.74) is 6.12. The van der Waals surface area contributed by atoms with E-state index in [1.807, 2.05) is 0 Å². The van der Waals surface area contributed by atoms with Crippen LogP contribution in [-0.2, 0) is 4.79 Å². The Hall–Kier alpha value is -0.570. The molecular formula is C17H30N2O. The Morgan fingerprint density at radius 2 is 1.80 bits per heavy atom. The lowest BCUT2D eigenvalue weighted by Gasteiger charge is -2.46. The van der Waals surface area contributed by atoms with Gasteiger partial charge in [-0.2, -0.15) is 0 Å². The van der Waals surface area contributed by atoms with Crippen LogP contribution in [0.25, 0.3) is 0 Å². The number of nitrogens with two attached hydrogens (primary N) is 1. The monoisotopic (exact) mass is 278 g/mol. The molecule has 1 aliphatic heterocycles. The number of hydrogen-bond acceptors (Lipinski definition) is 2. The lowest BCUT2D eigenvalue weighted by molar-refractivity contribution is -0.145. The second-order valence-corrected chi connectivity index (χ2v) is 7.44. The number of carbonyl (C=O) groups excluding carboxylic acids is 1. The third-order valence-electron chi connectivity index (χ3n) is 6.08. The zero-order valence-electron chi connectivity index (χ0n) is 12.9. The lowest BCUT2D eigenvalue weighted by Crippen LogP contribution is -2.53. The molecule has 1 heterocycles. The summed E-state index contributed by atoms with van der Waals surface area (Å²) in [6.45, 7) is 3.25. The molecule has 1 amide bonds. The maximum atomic E-state index is 13.0. The first kappa shape index (κ1) is 14.4. The zero-order chi connectivity index (χ0) is 14.1. The van der Waals surface area contributed by atoms with Crippen LogP contribution in [0.1, 0.15) is 64.7 Å². The average Bonchev–Trinajstić information content (AvgIpc) is 2.48. The van der Waals surface area contributed by atoms with Gasteiger partial charge in [-0.1, -0.05) is 19.8 Å². The molecule has 3 fully saturated rings. The fourth-order valence-corrected chi connectivity index (χ4v) is 4.81. The van der Waals surface area contributed by atoms with Gasteiger partial charge in [0.1, 0.15) is 0 Å². The highest BCUT2D eigenvalue weighted by Gasteiger charge is 2.40. The van der Waals surface area contributed by atoms with E-state index in [0.29, 0.717) is 17.9 Å². The van der Waals surface area contributed by atoms with Gasteiger partial charge in [0.25, 0.3) is 0 Å². The molecule has 2 aliphatic carbocycles. The Balaban J connectivity index is 1.71. The Morgan fingerprint density at radius 3 is 2.65 bits per heavy atom. The highest BCUT2D eigenvalue weighted by molar-refractivity contribution is 5.79. The SMILES string of the molecule is CC1CCC(N)CC1C(=O)N1CCC[C@H]2CCCC[C@H]21. The van der Waals surface area contributed by atoms with Crippen LogP contribution in [0.3, 0.4) is 0 Å². The van der Waals surface area contributed by atoms with Crippen LogP contribution in [0.5, 0.6) is 0 Å². The fraction of sp³-hybridized carbons (Fsp3) is 0.941. The predicted octanol–water partition coefficient (Wildman–Crippen LogP) is 2.93. The smallest absolute Gasteiger partial charge is 0.226 e. The molecule has 3 nitrogen and oxygen atoms in total. The predicted molar refractivity (Wildman–Crippen MR) is 81.2 cm³/mol. The van der Waals surface area contributed by atoms with Crippen LogP contribution in [0.15, 0.2) is 0 Å². The molecule has 0 aromatic heterocycles. The topological polar surface area (TPSA) is 46.3 Å². The van der Waals surface area contributed by atoms with Crippen LogP contribution < -0.4 is 5.73 Å². The molecule has 5 atom stereocenters. The first-order chi connectivity index (χ1) is 9.66. The molecule has 3 unspecified atom stereocenters.